The second-order valence-corrected chi connectivity index (χ2v) is 8.03. The summed E-state index contributed by atoms with van der Waals surface area (Å²) in [5.74, 6) is -0.656. The van der Waals surface area contributed by atoms with Crippen molar-refractivity contribution in [2.45, 2.75) is 6.92 Å². The number of carbonyl (C=O) groups is 2. The number of imide groups is 1. The van der Waals surface area contributed by atoms with E-state index >= 15 is 0 Å². The van der Waals surface area contributed by atoms with E-state index in [9.17, 15) is 9.59 Å². The van der Waals surface area contributed by atoms with E-state index < -0.39 is 0 Å². The highest BCUT2D eigenvalue weighted by molar-refractivity contribution is 7.11. The molecule has 2 aromatic carbocycles. The monoisotopic (exact) mass is 403 g/mol. The second-order valence-electron chi connectivity index (χ2n) is 7.08. The molecule has 1 aromatic heterocycles. The molecule has 1 N–H and O–H groups in total. The van der Waals surface area contributed by atoms with Gasteiger partial charge >= 0.3 is 0 Å². The smallest absolute Gasteiger partial charge is 0.282 e. The topological polar surface area (TPSA) is 52.7 Å². The minimum Gasteiger partial charge on any atom is -0.378 e. The highest BCUT2D eigenvalue weighted by Gasteiger charge is 2.40. The molecule has 2 amide bonds. The third-order valence-corrected chi connectivity index (χ3v) is 5.65. The van der Waals surface area contributed by atoms with Crippen LogP contribution in [-0.2, 0) is 9.59 Å². The molecular weight excluding hydrogens is 382 g/mol. The van der Waals surface area contributed by atoms with Gasteiger partial charge in [0.25, 0.3) is 11.8 Å². The zero-order chi connectivity index (χ0) is 20.5. The SMILES string of the molecule is Cc1cccc(N2C(=O)C(Nc3ccc(N(C)C)cc3)=C(c3cccs3)C2=O)c1. The number of amides is 2. The third kappa shape index (κ3) is 3.54. The van der Waals surface area contributed by atoms with Crippen molar-refractivity contribution in [3.63, 3.8) is 0 Å². The lowest BCUT2D eigenvalue weighted by Crippen LogP contribution is -2.32. The number of carbonyl (C=O) groups excluding carboxylic acids is 2. The number of rotatable bonds is 5. The molecular formula is C23H21N3O2S. The number of thiophene rings is 1. The van der Waals surface area contributed by atoms with Crippen LogP contribution >= 0.6 is 11.3 Å². The number of nitrogens with one attached hydrogen (secondary N) is 1. The van der Waals surface area contributed by atoms with E-state index in [0.717, 1.165) is 21.8 Å². The number of aryl methyl sites for hydroxylation is 1. The molecule has 0 saturated carbocycles. The first-order chi connectivity index (χ1) is 14.0. The fourth-order valence-electron chi connectivity index (χ4n) is 3.28. The molecule has 0 radical (unpaired) electrons. The van der Waals surface area contributed by atoms with Crippen LogP contribution in [-0.4, -0.2) is 25.9 Å². The second kappa shape index (κ2) is 7.56. The molecule has 0 spiro atoms. The van der Waals surface area contributed by atoms with Crippen molar-refractivity contribution >= 4 is 45.8 Å². The molecule has 29 heavy (non-hydrogen) atoms. The first kappa shape index (κ1) is 19.0. The lowest BCUT2D eigenvalue weighted by molar-refractivity contribution is -0.120. The van der Waals surface area contributed by atoms with E-state index in [1.54, 1.807) is 6.07 Å². The molecule has 0 aliphatic carbocycles. The van der Waals surface area contributed by atoms with Gasteiger partial charge < -0.3 is 10.2 Å². The lowest BCUT2D eigenvalue weighted by Gasteiger charge is -2.16. The number of benzene rings is 2. The quantitative estimate of drug-likeness (QED) is 0.637. The maximum atomic E-state index is 13.3. The van der Waals surface area contributed by atoms with Gasteiger partial charge in [0.2, 0.25) is 0 Å². The van der Waals surface area contributed by atoms with Crippen molar-refractivity contribution in [3.8, 4) is 0 Å². The van der Waals surface area contributed by atoms with Gasteiger partial charge in [0.15, 0.2) is 0 Å². The molecule has 3 aromatic rings. The Hall–Kier alpha value is -3.38. The molecule has 146 valence electrons. The Morgan fingerprint density at radius 1 is 0.931 bits per heavy atom. The van der Waals surface area contributed by atoms with Gasteiger partial charge in [0.05, 0.1) is 11.3 Å². The number of nitrogens with zero attached hydrogens (tertiary/aromatic N) is 2. The molecule has 0 bridgehead atoms. The zero-order valence-electron chi connectivity index (χ0n) is 16.5. The van der Waals surface area contributed by atoms with Crippen LogP contribution in [0.15, 0.2) is 71.7 Å². The summed E-state index contributed by atoms with van der Waals surface area (Å²) in [6, 6.07) is 18.9. The van der Waals surface area contributed by atoms with Gasteiger partial charge in [0, 0.05) is 30.3 Å². The van der Waals surface area contributed by atoms with Gasteiger partial charge in [-0.15, -0.1) is 11.3 Å². The van der Waals surface area contributed by atoms with Crippen LogP contribution in [0.5, 0.6) is 0 Å². The number of anilines is 3. The largest absolute Gasteiger partial charge is 0.378 e. The van der Waals surface area contributed by atoms with E-state index in [4.69, 9.17) is 0 Å². The third-order valence-electron chi connectivity index (χ3n) is 4.76. The molecule has 0 atom stereocenters. The number of hydrogen-bond acceptors (Lipinski definition) is 5. The summed E-state index contributed by atoms with van der Waals surface area (Å²) in [7, 11) is 3.94. The standard InChI is InChI=1S/C23H21N3O2S/c1-15-6-4-7-18(14-15)26-22(27)20(19-8-5-13-29-19)21(23(26)28)24-16-9-11-17(12-10-16)25(2)3/h4-14,24H,1-3H3. The molecule has 0 unspecified atom stereocenters. The van der Waals surface area contributed by atoms with Crippen molar-refractivity contribution in [1.82, 2.24) is 0 Å². The van der Waals surface area contributed by atoms with Gasteiger partial charge in [-0.2, -0.15) is 0 Å². The van der Waals surface area contributed by atoms with Crippen LogP contribution in [0.2, 0.25) is 0 Å². The lowest BCUT2D eigenvalue weighted by atomic mass is 10.1. The van der Waals surface area contributed by atoms with Crippen molar-refractivity contribution in [3.05, 3.63) is 82.2 Å². The molecule has 6 heteroatoms. The normalized spacial score (nSPS) is 14.0. The molecule has 1 aliphatic rings. The summed E-state index contributed by atoms with van der Waals surface area (Å²) in [5.41, 5.74) is 4.08. The minimum atomic E-state index is -0.347. The van der Waals surface area contributed by atoms with Crippen LogP contribution in [0, 0.1) is 6.92 Å². The Bertz CT molecular complexity index is 1100. The molecule has 4 rings (SSSR count). The summed E-state index contributed by atoms with van der Waals surface area (Å²) in [6.07, 6.45) is 0. The maximum Gasteiger partial charge on any atom is 0.282 e. The highest BCUT2D eigenvalue weighted by Crippen LogP contribution is 2.35. The average molecular weight is 404 g/mol. The van der Waals surface area contributed by atoms with Crippen LogP contribution in [0.3, 0.4) is 0 Å². The van der Waals surface area contributed by atoms with Gasteiger partial charge in [-0.3, -0.25) is 9.59 Å². The van der Waals surface area contributed by atoms with Gasteiger partial charge in [-0.1, -0.05) is 18.2 Å². The Labute approximate surface area is 173 Å². The Balaban J connectivity index is 1.75. The fraction of sp³-hybridized carbons (Fsp3) is 0.130. The summed E-state index contributed by atoms with van der Waals surface area (Å²) in [6.45, 7) is 1.94. The number of hydrogen-bond donors (Lipinski definition) is 1. The van der Waals surface area contributed by atoms with Crippen LogP contribution in [0.4, 0.5) is 17.1 Å². The Morgan fingerprint density at radius 3 is 2.31 bits per heavy atom. The first-order valence-electron chi connectivity index (χ1n) is 9.24. The minimum absolute atomic E-state index is 0.302. The molecule has 5 nitrogen and oxygen atoms in total. The predicted molar refractivity (Wildman–Crippen MR) is 119 cm³/mol. The van der Waals surface area contributed by atoms with Gasteiger partial charge in [-0.25, -0.2) is 4.90 Å². The van der Waals surface area contributed by atoms with Gasteiger partial charge in [-0.05, 0) is 60.3 Å². The van der Waals surface area contributed by atoms with E-state index in [1.807, 2.05) is 85.9 Å². The first-order valence-corrected chi connectivity index (χ1v) is 10.1. The Morgan fingerprint density at radius 2 is 1.69 bits per heavy atom. The van der Waals surface area contributed by atoms with Gasteiger partial charge in [0.1, 0.15) is 5.70 Å². The van der Waals surface area contributed by atoms with Crippen molar-refractivity contribution in [2.24, 2.45) is 0 Å². The Kier molecular flexibility index (Phi) is 4.94. The summed E-state index contributed by atoms with van der Waals surface area (Å²) in [4.78, 5) is 30.6. The summed E-state index contributed by atoms with van der Waals surface area (Å²) in [5, 5.41) is 5.10. The van der Waals surface area contributed by atoms with E-state index in [0.29, 0.717) is 17.0 Å². The predicted octanol–water partition coefficient (Wildman–Crippen LogP) is 4.52. The average Bonchev–Trinajstić information content (AvgIpc) is 3.29. The van der Waals surface area contributed by atoms with Crippen molar-refractivity contribution in [2.75, 3.05) is 29.2 Å². The van der Waals surface area contributed by atoms with Crippen molar-refractivity contribution in [1.29, 1.82) is 0 Å². The van der Waals surface area contributed by atoms with Crippen LogP contribution < -0.4 is 15.1 Å². The van der Waals surface area contributed by atoms with E-state index in [1.165, 1.54) is 16.2 Å². The summed E-state index contributed by atoms with van der Waals surface area (Å²) >= 11 is 1.44. The van der Waals surface area contributed by atoms with Crippen molar-refractivity contribution < 1.29 is 9.59 Å². The summed E-state index contributed by atoms with van der Waals surface area (Å²) < 4.78 is 0. The van der Waals surface area contributed by atoms with Crippen LogP contribution in [0.1, 0.15) is 10.4 Å². The highest BCUT2D eigenvalue weighted by atomic mass is 32.1. The maximum absolute atomic E-state index is 13.3. The van der Waals surface area contributed by atoms with E-state index in [-0.39, 0.29) is 11.8 Å². The molecule has 2 heterocycles. The fourth-order valence-corrected chi connectivity index (χ4v) is 4.05. The molecule has 0 fully saturated rings. The molecule has 0 saturated heterocycles. The zero-order valence-corrected chi connectivity index (χ0v) is 17.3. The van der Waals surface area contributed by atoms with Crippen LogP contribution in [0.25, 0.3) is 5.57 Å². The van der Waals surface area contributed by atoms with E-state index in [2.05, 4.69) is 5.32 Å². The molecule has 1 aliphatic heterocycles.